The summed E-state index contributed by atoms with van der Waals surface area (Å²) in [7, 11) is 0. The molecule has 6 rings (SSSR count). The first-order chi connectivity index (χ1) is 30.2. The Morgan fingerprint density at radius 3 is 1.52 bits per heavy atom. The van der Waals surface area contributed by atoms with Crippen molar-refractivity contribution < 1.29 is 29.3 Å². The number of ether oxygens (including phenoxy) is 2. The molecule has 4 N–H and O–H groups in total. The number of amides is 2. The predicted octanol–water partition coefficient (Wildman–Crippen LogP) is 10.4. The van der Waals surface area contributed by atoms with Crippen LogP contribution >= 0.6 is 0 Å². The van der Waals surface area contributed by atoms with Gasteiger partial charge in [-0.25, -0.2) is 0 Å². The van der Waals surface area contributed by atoms with Crippen LogP contribution in [0, 0.1) is 27.7 Å². The van der Waals surface area contributed by atoms with Crippen LogP contribution in [-0.2, 0) is 41.8 Å². The second kappa shape index (κ2) is 21.5. The summed E-state index contributed by atoms with van der Waals surface area (Å²) in [5.41, 5.74) is 14.1. The molecule has 0 saturated carbocycles. The molecule has 0 spiro atoms. The third kappa shape index (κ3) is 13.0. The molecule has 0 radical (unpaired) electrons. The summed E-state index contributed by atoms with van der Waals surface area (Å²) >= 11 is 0. The zero-order valence-electron chi connectivity index (χ0n) is 37.8. The zero-order valence-corrected chi connectivity index (χ0v) is 37.8. The average Bonchev–Trinajstić information content (AvgIpc) is 3.25. The monoisotopic (exact) mass is 846 g/mol. The highest BCUT2D eigenvalue weighted by Crippen LogP contribution is 2.33. The van der Waals surface area contributed by atoms with E-state index < -0.39 is 0 Å². The highest BCUT2D eigenvalue weighted by atomic mass is 16.5. The first-order valence-corrected chi connectivity index (χ1v) is 22.0. The number of benzene rings is 6. The lowest BCUT2D eigenvalue weighted by molar-refractivity contribution is -0.123. The summed E-state index contributed by atoms with van der Waals surface area (Å²) in [6, 6.07) is 37.9. The summed E-state index contributed by atoms with van der Waals surface area (Å²) in [4.78, 5) is 25.2. The van der Waals surface area contributed by atoms with Crippen LogP contribution in [0.1, 0.15) is 105 Å². The molecule has 0 bridgehead atoms. The van der Waals surface area contributed by atoms with Crippen molar-refractivity contribution in [3.8, 4) is 23.0 Å². The molecule has 0 aromatic heterocycles. The quantitative estimate of drug-likeness (QED) is 0.0645. The fourth-order valence-corrected chi connectivity index (χ4v) is 8.17. The van der Waals surface area contributed by atoms with Gasteiger partial charge in [-0.1, -0.05) is 99.6 Å². The molecule has 6 aromatic carbocycles. The maximum Gasteiger partial charge on any atom is 0.258 e. The number of aromatic hydroxyl groups is 2. The van der Waals surface area contributed by atoms with E-state index in [0.29, 0.717) is 36.8 Å². The van der Waals surface area contributed by atoms with Gasteiger partial charge in [0.1, 0.15) is 23.0 Å². The van der Waals surface area contributed by atoms with Crippen molar-refractivity contribution in [2.45, 2.75) is 92.5 Å². The van der Waals surface area contributed by atoms with Gasteiger partial charge >= 0.3 is 0 Å². The molecule has 8 nitrogen and oxygen atoms in total. The third-order valence-corrected chi connectivity index (χ3v) is 11.8. The van der Waals surface area contributed by atoms with Crippen LogP contribution in [0.4, 0.5) is 0 Å². The van der Waals surface area contributed by atoms with E-state index in [1.807, 2.05) is 78.9 Å². The maximum atomic E-state index is 12.8. The minimum Gasteiger partial charge on any atom is -0.508 e. The summed E-state index contributed by atoms with van der Waals surface area (Å²) in [5, 5.41) is 27.1. The van der Waals surface area contributed by atoms with E-state index in [-0.39, 0.29) is 42.6 Å². The Labute approximate surface area is 373 Å². The molecule has 8 heteroatoms. The molecular weight excluding hydrogens is 785 g/mol. The smallest absolute Gasteiger partial charge is 0.258 e. The van der Waals surface area contributed by atoms with Gasteiger partial charge in [-0.3, -0.25) is 9.59 Å². The lowest BCUT2D eigenvalue weighted by Crippen LogP contribution is -2.30. The fraction of sp³-hybridized carbons (Fsp3) is 0.309. The normalized spacial score (nSPS) is 11.6. The Bertz CT molecular complexity index is 2460. The lowest BCUT2D eigenvalue weighted by Gasteiger charge is -2.17. The van der Waals surface area contributed by atoms with Crippen LogP contribution in [0.5, 0.6) is 23.0 Å². The highest BCUT2D eigenvalue weighted by molar-refractivity contribution is 5.78. The zero-order chi connectivity index (χ0) is 45.0. The molecule has 2 amide bonds. The van der Waals surface area contributed by atoms with Crippen molar-refractivity contribution in [3.63, 3.8) is 0 Å². The van der Waals surface area contributed by atoms with Crippen LogP contribution in [0.2, 0.25) is 0 Å². The van der Waals surface area contributed by atoms with Crippen molar-refractivity contribution in [2.75, 3.05) is 19.8 Å². The molecule has 0 heterocycles. The van der Waals surface area contributed by atoms with Crippen LogP contribution in [0.15, 0.2) is 115 Å². The molecule has 0 fully saturated rings. The number of phenolic OH excluding ortho intramolecular Hbond substituents is 2. The van der Waals surface area contributed by atoms with E-state index >= 15 is 0 Å². The van der Waals surface area contributed by atoms with E-state index in [1.165, 1.54) is 16.7 Å². The number of nitrogens with one attached hydrogen (secondary N) is 2. The molecule has 1 atom stereocenters. The lowest BCUT2D eigenvalue weighted by atomic mass is 9.89. The van der Waals surface area contributed by atoms with Crippen molar-refractivity contribution in [1.82, 2.24) is 10.6 Å². The summed E-state index contributed by atoms with van der Waals surface area (Å²) < 4.78 is 11.8. The van der Waals surface area contributed by atoms with Crippen LogP contribution in [0.3, 0.4) is 0 Å². The van der Waals surface area contributed by atoms with E-state index in [2.05, 4.69) is 83.4 Å². The number of hydrogen-bond acceptors (Lipinski definition) is 6. The summed E-state index contributed by atoms with van der Waals surface area (Å²) in [6.45, 7) is 15.4. The van der Waals surface area contributed by atoms with Gasteiger partial charge in [0.05, 0.1) is 0 Å². The number of aryl methyl sites for hydroxylation is 4. The molecule has 63 heavy (non-hydrogen) atoms. The number of carbonyl (C=O) groups excluding carboxylic acids is 2. The van der Waals surface area contributed by atoms with E-state index in [1.54, 1.807) is 12.1 Å². The number of hydrogen-bond donors (Lipinski definition) is 4. The number of carbonyl (C=O) groups is 2. The first kappa shape index (κ1) is 46.0. The molecule has 0 saturated heterocycles. The number of rotatable bonds is 19. The van der Waals surface area contributed by atoms with Crippen LogP contribution in [0.25, 0.3) is 0 Å². The largest absolute Gasteiger partial charge is 0.508 e. The minimum absolute atomic E-state index is 0.0395. The molecule has 328 valence electrons. The van der Waals surface area contributed by atoms with Crippen LogP contribution < -0.4 is 20.1 Å². The Hall–Kier alpha value is -6.54. The first-order valence-electron chi connectivity index (χ1n) is 22.0. The van der Waals surface area contributed by atoms with E-state index in [9.17, 15) is 19.8 Å². The SMILES string of the molecule is Cc1cc(OCC(=O)NCCc2ccccc2)cc(C)c1Cc1ccc(O)c(C(C)Cc2ccc(CNC(=O)COc3cc(C)c(Cc4ccc(O)c(C(C)C)c4)c(C)c3)cc2)c1. The molecular formula is C55H62N2O6. The second-order valence-electron chi connectivity index (χ2n) is 17.2. The van der Waals surface area contributed by atoms with Gasteiger partial charge in [0.25, 0.3) is 11.8 Å². The predicted molar refractivity (Wildman–Crippen MR) is 252 cm³/mol. The van der Waals surface area contributed by atoms with Gasteiger partial charge in [-0.05, 0) is 174 Å². The minimum atomic E-state index is -0.197. The second-order valence-corrected chi connectivity index (χ2v) is 17.2. The Morgan fingerprint density at radius 2 is 1.00 bits per heavy atom. The average molecular weight is 847 g/mol. The molecule has 0 aliphatic carbocycles. The van der Waals surface area contributed by atoms with Gasteiger partial charge in [-0.15, -0.1) is 0 Å². The van der Waals surface area contributed by atoms with Gasteiger partial charge in [0.2, 0.25) is 0 Å². The Morgan fingerprint density at radius 1 is 0.540 bits per heavy atom. The highest BCUT2D eigenvalue weighted by Gasteiger charge is 2.16. The fourth-order valence-electron chi connectivity index (χ4n) is 8.17. The topological polar surface area (TPSA) is 117 Å². The molecule has 0 aliphatic rings. The van der Waals surface area contributed by atoms with Gasteiger partial charge in [-0.2, -0.15) is 0 Å². The number of phenols is 2. The van der Waals surface area contributed by atoms with Gasteiger partial charge in [0.15, 0.2) is 13.2 Å². The Kier molecular flexibility index (Phi) is 15.7. The summed E-state index contributed by atoms with van der Waals surface area (Å²) in [6.07, 6.45) is 2.97. The molecule has 6 aromatic rings. The van der Waals surface area contributed by atoms with E-state index in [0.717, 1.165) is 74.9 Å². The van der Waals surface area contributed by atoms with E-state index in [4.69, 9.17) is 9.47 Å². The maximum absolute atomic E-state index is 12.8. The molecule has 1 unspecified atom stereocenters. The standard InChI is InChI=1S/C55H62N2O6/c1-35(2)48-28-44(17-19-52(48)58)29-49-37(4)26-47(27-38(49)5)63-34-55(61)57-32-43-15-13-42(14-16-43)23-36(3)51-31-45(18-20-53(51)59)30-50-39(6)24-46(25-40(50)7)62-33-54(60)56-22-21-41-11-9-8-10-12-41/h8-20,24-28,31,35-36,58-59H,21-23,29-30,32-34H2,1-7H3,(H,56,60)(H,57,61). The van der Waals surface area contributed by atoms with Gasteiger partial charge < -0.3 is 30.3 Å². The van der Waals surface area contributed by atoms with Crippen molar-refractivity contribution in [3.05, 3.63) is 188 Å². The van der Waals surface area contributed by atoms with Crippen molar-refractivity contribution in [1.29, 1.82) is 0 Å². The van der Waals surface area contributed by atoms with Crippen LogP contribution in [-0.4, -0.2) is 41.8 Å². The third-order valence-electron chi connectivity index (χ3n) is 11.8. The summed E-state index contributed by atoms with van der Waals surface area (Å²) in [5.74, 6) is 1.89. The van der Waals surface area contributed by atoms with Gasteiger partial charge in [0, 0.05) is 13.1 Å². The van der Waals surface area contributed by atoms with Crippen molar-refractivity contribution >= 4 is 11.8 Å². The Balaban J connectivity index is 0.959. The van der Waals surface area contributed by atoms with Crippen molar-refractivity contribution in [2.24, 2.45) is 0 Å². The molecule has 0 aliphatic heterocycles.